The highest BCUT2D eigenvalue weighted by atomic mass is 16.5. The average Bonchev–Trinajstić information content (AvgIpc) is 3.14. The van der Waals surface area contributed by atoms with Gasteiger partial charge in [0.25, 0.3) is 11.8 Å². The molecule has 0 saturated carbocycles. The fourth-order valence-electron chi connectivity index (χ4n) is 3.30. The Kier molecular flexibility index (Phi) is 6.71. The molecule has 0 aliphatic carbocycles. The molecule has 2 aromatic rings. The molecule has 9 heteroatoms. The fourth-order valence-corrected chi connectivity index (χ4v) is 3.30. The van der Waals surface area contributed by atoms with E-state index in [1.54, 1.807) is 49.3 Å². The molecule has 0 spiro atoms. The minimum Gasteiger partial charge on any atom is -0.497 e. The lowest BCUT2D eigenvalue weighted by Crippen LogP contribution is -2.50. The highest BCUT2D eigenvalue weighted by Gasteiger charge is 2.26. The molecule has 1 aliphatic heterocycles. The number of ether oxygens (including phenoxy) is 2. The zero-order valence-electron chi connectivity index (χ0n) is 17.1. The number of hydrogen-bond donors (Lipinski definition) is 1. The maximum Gasteiger partial charge on any atom is 0.261 e. The van der Waals surface area contributed by atoms with Crippen LogP contribution in [-0.2, 0) is 7.05 Å². The summed E-state index contributed by atoms with van der Waals surface area (Å²) in [5.41, 5.74) is 1.05. The number of carbonyl (C=O) groups excluding carboxylic acids is 2. The van der Waals surface area contributed by atoms with Gasteiger partial charge in [0.05, 0.1) is 14.2 Å². The molecule has 0 atom stereocenters. The summed E-state index contributed by atoms with van der Waals surface area (Å²) in [5, 5.41) is 7.07. The van der Waals surface area contributed by atoms with E-state index < -0.39 is 0 Å². The molecule has 2 amide bonds. The van der Waals surface area contributed by atoms with Gasteiger partial charge in [0, 0.05) is 58.1 Å². The first kappa shape index (κ1) is 20.7. The molecular formula is C20H27N5O4. The second kappa shape index (κ2) is 9.42. The number of hydrogen-bond acceptors (Lipinski definition) is 6. The predicted octanol–water partition coefficient (Wildman–Crippen LogP) is 0.625. The molecular weight excluding hydrogens is 374 g/mol. The Morgan fingerprint density at radius 1 is 1.14 bits per heavy atom. The van der Waals surface area contributed by atoms with E-state index in [1.165, 1.54) is 7.11 Å². The van der Waals surface area contributed by atoms with Crippen LogP contribution < -0.4 is 14.8 Å². The van der Waals surface area contributed by atoms with Crippen LogP contribution >= 0.6 is 0 Å². The van der Waals surface area contributed by atoms with E-state index in [4.69, 9.17) is 9.47 Å². The van der Waals surface area contributed by atoms with Crippen molar-refractivity contribution in [2.45, 2.75) is 0 Å². The third-order valence-electron chi connectivity index (χ3n) is 4.92. The van der Waals surface area contributed by atoms with E-state index in [1.807, 2.05) is 4.90 Å². The van der Waals surface area contributed by atoms with Crippen LogP contribution in [0.15, 0.2) is 30.5 Å². The second-order valence-corrected chi connectivity index (χ2v) is 6.85. The van der Waals surface area contributed by atoms with Gasteiger partial charge < -0.3 is 19.7 Å². The molecule has 156 valence electrons. The molecule has 0 bridgehead atoms. The number of aryl methyl sites for hydroxylation is 1. The van der Waals surface area contributed by atoms with Crippen LogP contribution in [0.2, 0.25) is 0 Å². The fraction of sp³-hybridized carbons (Fsp3) is 0.450. The molecule has 1 N–H and O–H groups in total. The smallest absolute Gasteiger partial charge is 0.261 e. The van der Waals surface area contributed by atoms with Gasteiger partial charge in [0.15, 0.2) is 0 Å². The van der Waals surface area contributed by atoms with Crippen molar-refractivity contribution in [3.63, 3.8) is 0 Å². The van der Waals surface area contributed by atoms with E-state index in [0.717, 1.165) is 19.6 Å². The first-order valence-electron chi connectivity index (χ1n) is 9.53. The minimum atomic E-state index is -0.124. The van der Waals surface area contributed by atoms with Crippen molar-refractivity contribution in [2.75, 3.05) is 53.5 Å². The van der Waals surface area contributed by atoms with Gasteiger partial charge >= 0.3 is 0 Å². The highest BCUT2D eigenvalue weighted by Crippen LogP contribution is 2.18. The molecule has 1 aromatic carbocycles. The van der Waals surface area contributed by atoms with Crippen LogP contribution in [0, 0.1) is 0 Å². The molecule has 3 rings (SSSR count). The van der Waals surface area contributed by atoms with Crippen molar-refractivity contribution in [1.82, 2.24) is 24.9 Å². The van der Waals surface area contributed by atoms with Gasteiger partial charge in [-0.1, -0.05) is 6.07 Å². The number of nitrogens with zero attached hydrogens (tertiary/aromatic N) is 4. The highest BCUT2D eigenvalue weighted by molar-refractivity contribution is 5.96. The lowest BCUT2D eigenvalue weighted by Gasteiger charge is -2.34. The van der Waals surface area contributed by atoms with Gasteiger partial charge in [-0.2, -0.15) is 0 Å². The third-order valence-corrected chi connectivity index (χ3v) is 4.92. The Bertz CT molecular complexity index is 858. The SMILES string of the molecule is COc1cccc(C(=O)NCCN2CCN(C(=O)c3cn(C)nc3OC)CC2)c1. The topological polar surface area (TPSA) is 88.9 Å². The largest absolute Gasteiger partial charge is 0.497 e. The average molecular weight is 401 g/mol. The molecule has 0 radical (unpaired) electrons. The Labute approximate surface area is 170 Å². The van der Waals surface area contributed by atoms with E-state index in [2.05, 4.69) is 15.3 Å². The van der Waals surface area contributed by atoms with E-state index >= 15 is 0 Å². The molecule has 1 aliphatic rings. The number of amides is 2. The Hall–Kier alpha value is -3.07. The maximum absolute atomic E-state index is 12.7. The number of methoxy groups -OCH3 is 2. The van der Waals surface area contributed by atoms with Gasteiger partial charge in [-0.3, -0.25) is 19.2 Å². The third kappa shape index (κ3) is 5.05. The lowest BCUT2D eigenvalue weighted by molar-refractivity contribution is 0.0634. The first-order valence-corrected chi connectivity index (χ1v) is 9.53. The maximum atomic E-state index is 12.7. The number of aromatic nitrogens is 2. The molecule has 1 fully saturated rings. The van der Waals surface area contributed by atoms with Crippen LogP contribution in [0.4, 0.5) is 0 Å². The number of nitrogens with one attached hydrogen (secondary N) is 1. The summed E-state index contributed by atoms with van der Waals surface area (Å²) >= 11 is 0. The van der Waals surface area contributed by atoms with E-state index in [-0.39, 0.29) is 11.8 Å². The summed E-state index contributed by atoms with van der Waals surface area (Å²) in [6, 6.07) is 7.07. The van der Waals surface area contributed by atoms with Crippen molar-refractivity contribution in [1.29, 1.82) is 0 Å². The normalized spacial score (nSPS) is 14.5. The van der Waals surface area contributed by atoms with Gasteiger partial charge in [0.2, 0.25) is 5.88 Å². The minimum absolute atomic E-state index is 0.0686. The molecule has 2 heterocycles. The lowest BCUT2D eigenvalue weighted by atomic mass is 10.2. The summed E-state index contributed by atoms with van der Waals surface area (Å²) in [7, 11) is 4.85. The number of rotatable bonds is 7. The Morgan fingerprint density at radius 2 is 1.90 bits per heavy atom. The molecule has 29 heavy (non-hydrogen) atoms. The quantitative estimate of drug-likeness (QED) is 0.732. The summed E-state index contributed by atoms with van der Waals surface area (Å²) in [6.45, 7) is 4.03. The van der Waals surface area contributed by atoms with Gasteiger partial charge in [0.1, 0.15) is 11.3 Å². The summed E-state index contributed by atoms with van der Waals surface area (Å²) in [6.07, 6.45) is 1.68. The van der Waals surface area contributed by atoms with Crippen LogP contribution in [-0.4, -0.2) is 84.9 Å². The Morgan fingerprint density at radius 3 is 2.59 bits per heavy atom. The summed E-state index contributed by atoms with van der Waals surface area (Å²) < 4.78 is 11.9. The zero-order valence-corrected chi connectivity index (χ0v) is 17.1. The van der Waals surface area contributed by atoms with Crippen LogP contribution in [0.1, 0.15) is 20.7 Å². The number of piperazine rings is 1. The van der Waals surface area contributed by atoms with Crippen LogP contribution in [0.5, 0.6) is 11.6 Å². The monoisotopic (exact) mass is 401 g/mol. The van der Waals surface area contributed by atoms with Gasteiger partial charge in [-0.25, -0.2) is 0 Å². The standard InChI is InChI=1S/C20H27N5O4/c1-23-14-17(19(22-23)29-3)20(27)25-11-9-24(10-12-25)8-7-21-18(26)15-5-4-6-16(13-15)28-2/h4-6,13-14H,7-12H2,1-3H3,(H,21,26). The van der Waals surface area contributed by atoms with Crippen molar-refractivity contribution in [2.24, 2.45) is 7.05 Å². The first-order chi connectivity index (χ1) is 14.0. The van der Waals surface area contributed by atoms with Crippen molar-refractivity contribution in [3.8, 4) is 11.6 Å². The Balaban J connectivity index is 1.44. The molecule has 0 unspecified atom stereocenters. The predicted molar refractivity (Wildman–Crippen MR) is 107 cm³/mol. The molecule has 9 nitrogen and oxygen atoms in total. The van der Waals surface area contributed by atoms with Gasteiger partial charge in [-0.15, -0.1) is 5.10 Å². The number of carbonyl (C=O) groups is 2. The van der Waals surface area contributed by atoms with E-state index in [9.17, 15) is 9.59 Å². The zero-order chi connectivity index (χ0) is 20.8. The molecule has 1 saturated heterocycles. The molecule has 1 aromatic heterocycles. The second-order valence-electron chi connectivity index (χ2n) is 6.85. The summed E-state index contributed by atoms with van der Waals surface area (Å²) in [4.78, 5) is 29.0. The van der Waals surface area contributed by atoms with Crippen molar-refractivity contribution < 1.29 is 19.1 Å². The van der Waals surface area contributed by atoms with Crippen LogP contribution in [0.25, 0.3) is 0 Å². The van der Waals surface area contributed by atoms with Crippen molar-refractivity contribution >= 4 is 11.8 Å². The van der Waals surface area contributed by atoms with Gasteiger partial charge in [-0.05, 0) is 18.2 Å². The van der Waals surface area contributed by atoms with Crippen molar-refractivity contribution in [3.05, 3.63) is 41.6 Å². The van der Waals surface area contributed by atoms with E-state index in [0.29, 0.717) is 42.4 Å². The van der Waals surface area contributed by atoms with Crippen LogP contribution in [0.3, 0.4) is 0 Å². The number of benzene rings is 1. The summed E-state index contributed by atoms with van der Waals surface area (Å²) in [5.74, 6) is 0.811.